The van der Waals surface area contributed by atoms with Crippen LogP contribution in [-0.2, 0) is 12.8 Å². The molecular formula is C34H43N7O5. The lowest BCUT2D eigenvalue weighted by Gasteiger charge is -2.17. The normalized spacial score (nSPS) is 16.1. The Labute approximate surface area is 268 Å². The van der Waals surface area contributed by atoms with Crippen molar-refractivity contribution in [1.29, 1.82) is 0 Å². The molecule has 12 nitrogen and oxygen atoms in total. The second kappa shape index (κ2) is 16.2. The van der Waals surface area contributed by atoms with Crippen molar-refractivity contribution in [1.82, 2.24) is 25.8 Å². The summed E-state index contributed by atoms with van der Waals surface area (Å²) in [6.45, 7) is 10.9. The summed E-state index contributed by atoms with van der Waals surface area (Å²) in [5.74, 6) is -1.47. The summed E-state index contributed by atoms with van der Waals surface area (Å²) in [6.07, 6.45) is 6.31. The molecule has 0 radical (unpaired) electrons. The van der Waals surface area contributed by atoms with Crippen LogP contribution in [0.2, 0.25) is 0 Å². The number of hydrogen-bond donors (Lipinski definition) is 7. The van der Waals surface area contributed by atoms with Crippen LogP contribution in [-0.4, -0.2) is 78.2 Å². The van der Waals surface area contributed by atoms with Gasteiger partial charge in [0.15, 0.2) is 11.4 Å². The van der Waals surface area contributed by atoms with Crippen molar-refractivity contribution in [3.05, 3.63) is 77.2 Å². The minimum Gasteiger partial charge on any atom is -0.505 e. The molecule has 2 saturated heterocycles. The van der Waals surface area contributed by atoms with Gasteiger partial charge in [0.05, 0.1) is 5.56 Å². The Morgan fingerprint density at radius 2 is 1.43 bits per heavy atom. The van der Waals surface area contributed by atoms with Crippen molar-refractivity contribution in [3.63, 3.8) is 0 Å². The number of rotatable bonds is 5. The lowest BCUT2D eigenvalue weighted by molar-refractivity contribution is 0.0663. The van der Waals surface area contributed by atoms with E-state index in [9.17, 15) is 15.0 Å². The quantitative estimate of drug-likeness (QED) is 0.153. The first-order valence-electron chi connectivity index (χ1n) is 15.9. The van der Waals surface area contributed by atoms with Crippen LogP contribution in [0.5, 0.6) is 11.6 Å². The fraction of sp³-hybridized carbons (Fsp3) is 0.382. The number of nitrogens with zero attached hydrogens (tertiary/aromatic N) is 3. The molecule has 0 atom stereocenters. The van der Waals surface area contributed by atoms with Crippen LogP contribution in [0.25, 0.3) is 17.0 Å². The number of aromatic hydroxyl groups is 2. The molecule has 2 aromatic heterocycles. The van der Waals surface area contributed by atoms with Crippen LogP contribution in [0, 0.1) is 6.92 Å². The number of hydrogen-bond acceptors (Lipinski definition) is 10. The van der Waals surface area contributed by atoms with Crippen LogP contribution in [0.4, 0.5) is 11.4 Å². The van der Waals surface area contributed by atoms with Gasteiger partial charge in [0.25, 0.3) is 0 Å². The van der Waals surface area contributed by atoms with Gasteiger partial charge >= 0.3 is 5.97 Å². The molecule has 0 spiro atoms. The van der Waals surface area contributed by atoms with Gasteiger partial charge in [-0.3, -0.25) is 4.57 Å². The molecule has 2 aromatic carbocycles. The molecule has 0 saturated carbocycles. The van der Waals surface area contributed by atoms with Gasteiger partial charge < -0.3 is 41.0 Å². The van der Waals surface area contributed by atoms with Crippen molar-refractivity contribution >= 4 is 17.3 Å². The van der Waals surface area contributed by atoms with Crippen LogP contribution < -0.4 is 21.3 Å². The molecule has 3 aliphatic rings. The summed E-state index contributed by atoms with van der Waals surface area (Å²) in [6, 6.07) is 13.8. The molecule has 0 amide bonds. The topological polar surface area (TPSA) is 169 Å². The summed E-state index contributed by atoms with van der Waals surface area (Å²) >= 11 is 0. The SMILES string of the molecule is C1CNCCN1.C1CNCCN1.Cc1cn(-c2ccc3c(c2)CCCC3)c(O)c1N=Nc1cccc(-c2ccc(C(=O)O)o2)c1O. The Bertz CT molecular complexity index is 1600. The van der Waals surface area contributed by atoms with E-state index in [4.69, 9.17) is 9.52 Å². The fourth-order valence-electron chi connectivity index (χ4n) is 5.52. The number of aromatic carboxylic acids is 1. The number of phenols is 1. The van der Waals surface area contributed by atoms with Gasteiger partial charge in [-0.15, -0.1) is 10.2 Å². The molecule has 7 N–H and O–H groups in total. The third-order valence-electron chi connectivity index (χ3n) is 8.02. The molecule has 46 heavy (non-hydrogen) atoms. The molecule has 4 aromatic rings. The molecule has 2 fully saturated rings. The number of phenolic OH excluding ortho intramolecular Hbond substituents is 1. The Morgan fingerprint density at radius 3 is 2.02 bits per heavy atom. The van der Waals surface area contributed by atoms with Crippen molar-refractivity contribution in [2.24, 2.45) is 10.2 Å². The van der Waals surface area contributed by atoms with Gasteiger partial charge in [-0.1, -0.05) is 12.1 Å². The lowest BCUT2D eigenvalue weighted by atomic mass is 9.91. The van der Waals surface area contributed by atoms with E-state index in [1.807, 2.05) is 13.0 Å². The summed E-state index contributed by atoms with van der Waals surface area (Å²) in [7, 11) is 0. The maximum Gasteiger partial charge on any atom is 0.371 e. The van der Waals surface area contributed by atoms with Crippen LogP contribution in [0.15, 0.2) is 69.4 Å². The molecule has 0 unspecified atom stereocenters. The summed E-state index contributed by atoms with van der Waals surface area (Å²) in [5, 5.41) is 51.9. The number of azo groups is 1. The number of aromatic nitrogens is 1. The van der Waals surface area contributed by atoms with Crippen molar-refractivity contribution in [2.45, 2.75) is 32.6 Å². The second-order valence-electron chi connectivity index (χ2n) is 11.4. The van der Waals surface area contributed by atoms with Crippen molar-refractivity contribution in [3.8, 4) is 28.6 Å². The third-order valence-corrected chi connectivity index (χ3v) is 8.02. The van der Waals surface area contributed by atoms with Gasteiger partial charge in [0, 0.05) is 64.2 Å². The molecule has 1 aliphatic carbocycles. The maximum absolute atomic E-state index is 11.1. The fourth-order valence-corrected chi connectivity index (χ4v) is 5.52. The predicted molar refractivity (Wildman–Crippen MR) is 177 cm³/mol. The molecular weight excluding hydrogens is 586 g/mol. The standard InChI is InChI=1S/C26H23N3O5.2C4H10N2/c1-15-14-29(18-10-9-16-5-2-3-6-17(16)13-18)25(31)23(15)28-27-20-8-4-7-19(24(20)30)21-11-12-22(34-21)26(32)33;2*1-2-6-4-3-5-1/h4,7-14,30-31H,2-3,5-6H2,1H3,(H,32,33);2*5-6H,1-4H2. The van der Waals surface area contributed by atoms with Crippen molar-refractivity contribution in [2.75, 3.05) is 52.4 Å². The number of fused-ring (bicyclic) bond motifs is 1. The Kier molecular flexibility index (Phi) is 11.6. The number of carbonyl (C=O) groups is 1. The monoisotopic (exact) mass is 629 g/mol. The van der Waals surface area contributed by atoms with E-state index in [0.717, 1.165) is 76.5 Å². The number of para-hydroxylation sites is 1. The van der Waals surface area contributed by atoms with Gasteiger partial charge in [-0.25, -0.2) is 4.79 Å². The highest BCUT2D eigenvalue weighted by Crippen LogP contribution is 2.41. The molecule has 2 aliphatic heterocycles. The van der Waals surface area contributed by atoms with E-state index in [0.29, 0.717) is 5.69 Å². The first-order valence-corrected chi connectivity index (χ1v) is 15.9. The highest BCUT2D eigenvalue weighted by molar-refractivity contribution is 5.85. The number of nitrogens with one attached hydrogen (secondary N) is 4. The van der Waals surface area contributed by atoms with Gasteiger partial charge in [0.1, 0.15) is 11.4 Å². The van der Waals surface area contributed by atoms with Gasteiger partial charge in [0.2, 0.25) is 11.6 Å². The molecule has 12 heteroatoms. The maximum atomic E-state index is 11.1. The van der Waals surface area contributed by atoms with E-state index in [2.05, 4.69) is 43.6 Å². The average molecular weight is 630 g/mol. The third kappa shape index (κ3) is 8.40. The van der Waals surface area contributed by atoms with Crippen molar-refractivity contribution < 1.29 is 24.5 Å². The number of carboxylic acid groups (broad SMARTS) is 1. The van der Waals surface area contributed by atoms with Crippen LogP contribution >= 0.6 is 0 Å². The van der Waals surface area contributed by atoms with Crippen LogP contribution in [0.3, 0.4) is 0 Å². The Balaban J connectivity index is 0.000000289. The zero-order valence-electron chi connectivity index (χ0n) is 26.2. The van der Waals surface area contributed by atoms with Crippen LogP contribution in [0.1, 0.15) is 40.1 Å². The molecule has 0 bridgehead atoms. The minimum atomic E-state index is -1.20. The number of aryl methyl sites for hydroxylation is 3. The summed E-state index contributed by atoms with van der Waals surface area (Å²) in [5.41, 5.74) is 5.01. The van der Waals surface area contributed by atoms with E-state index in [1.54, 1.807) is 29.0 Å². The predicted octanol–water partition coefficient (Wildman–Crippen LogP) is 4.81. The van der Waals surface area contributed by atoms with Gasteiger partial charge in [-0.2, -0.15) is 0 Å². The highest BCUT2D eigenvalue weighted by atomic mass is 16.4. The average Bonchev–Trinajstić information content (AvgIpc) is 3.71. The minimum absolute atomic E-state index is 0.0372. The summed E-state index contributed by atoms with van der Waals surface area (Å²) < 4.78 is 6.97. The number of benzene rings is 2. The Morgan fingerprint density at radius 1 is 0.804 bits per heavy atom. The highest BCUT2D eigenvalue weighted by Gasteiger charge is 2.18. The first-order chi connectivity index (χ1) is 22.4. The van der Waals surface area contributed by atoms with E-state index in [-0.39, 0.29) is 34.4 Å². The zero-order chi connectivity index (χ0) is 32.3. The molecule has 4 heterocycles. The Hall–Kier alpha value is -4.49. The number of furan rings is 1. The molecule has 244 valence electrons. The smallest absolute Gasteiger partial charge is 0.371 e. The number of piperazine rings is 2. The first kappa shape index (κ1) is 32.9. The molecule has 7 rings (SSSR count). The second-order valence-corrected chi connectivity index (χ2v) is 11.4. The lowest BCUT2D eigenvalue weighted by Crippen LogP contribution is -2.39. The largest absolute Gasteiger partial charge is 0.505 e. The van der Waals surface area contributed by atoms with E-state index in [1.165, 1.54) is 36.1 Å². The van der Waals surface area contributed by atoms with E-state index >= 15 is 0 Å². The number of carboxylic acids is 1. The summed E-state index contributed by atoms with van der Waals surface area (Å²) in [4.78, 5) is 11.1. The zero-order valence-corrected chi connectivity index (χ0v) is 26.2. The van der Waals surface area contributed by atoms with E-state index < -0.39 is 5.97 Å². The van der Waals surface area contributed by atoms with Gasteiger partial charge in [-0.05, 0) is 85.7 Å².